The Balaban J connectivity index is 1.57. The molecule has 9 nitrogen and oxygen atoms in total. The summed E-state index contributed by atoms with van der Waals surface area (Å²) in [4.78, 5) is 25.2. The van der Waals surface area contributed by atoms with Crippen LogP contribution in [0.5, 0.6) is 11.8 Å². The quantitative estimate of drug-likeness (QED) is 0.551. The molecule has 4 rings (SSSR count). The van der Waals surface area contributed by atoms with Crippen molar-refractivity contribution in [2.75, 3.05) is 42.2 Å². The van der Waals surface area contributed by atoms with Crippen LogP contribution in [0.4, 0.5) is 17.3 Å². The fraction of sp³-hybridized carbons (Fsp3) is 0.500. The molecule has 3 heterocycles. The molecule has 0 spiro atoms. The number of aromatic nitrogens is 2. The third-order valence-electron chi connectivity index (χ3n) is 5.54. The lowest BCUT2D eigenvalue weighted by atomic mass is 10.1. The minimum Gasteiger partial charge on any atom is -0.508 e. The van der Waals surface area contributed by atoms with Crippen molar-refractivity contribution < 1.29 is 14.6 Å². The van der Waals surface area contributed by atoms with Gasteiger partial charge in [0.1, 0.15) is 11.4 Å². The van der Waals surface area contributed by atoms with E-state index in [4.69, 9.17) is 10.5 Å². The molecule has 0 bridgehead atoms. The number of hydrogen-bond donors (Lipinski definition) is 3. The normalized spacial score (nSPS) is 16.3. The van der Waals surface area contributed by atoms with Crippen molar-refractivity contribution in [1.82, 2.24) is 14.9 Å². The Kier molecular flexibility index (Phi) is 6.41. The molecule has 0 saturated carbocycles. The number of carbonyl (C=O) groups excluding carboxylic acids is 1. The lowest BCUT2D eigenvalue weighted by molar-refractivity contribution is -0.115. The van der Waals surface area contributed by atoms with Crippen molar-refractivity contribution in [3.8, 4) is 11.8 Å². The number of aromatic hydroxyl groups is 1. The number of rotatable bonds is 8. The fourth-order valence-electron chi connectivity index (χ4n) is 4.07. The molecule has 0 radical (unpaired) electrons. The monoisotopic (exact) mass is 426 g/mol. The van der Waals surface area contributed by atoms with E-state index in [-0.39, 0.29) is 30.0 Å². The Hall–Kier alpha value is -3.07. The predicted molar refractivity (Wildman–Crippen MR) is 119 cm³/mol. The first-order valence-corrected chi connectivity index (χ1v) is 10.9. The molecule has 1 aromatic carbocycles. The SMILES string of the molecule is CCCCOc1nc(N)c2c(n1)N(Cc1cc(O)cc(CN3CCCC3)c1)CC(=O)N2. The third-order valence-corrected chi connectivity index (χ3v) is 5.54. The van der Waals surface area contributed by atoms with Gasteiger partial charge < -0.3 is 25.8 Å². The van der Waals surface area contributed by atoms with E-state index in [1.165, 1.54) is 12.8 Å². The summed E-state index contributed by atoms with van der Waals surface area (Å²) in [5.41, 5.74) is 8.45. The molecule has 2 aliphatic heterocycles. The molecule has 1 saturated heterocycles. The summed E-state index contributed by atoms with van der Waals surface area (Å²) in [6.07, 6.45) is 4.33. The van der Waals surface area contributed by atoms with Crippen LogP contribution in [-0.4, -0.2) is 52.1 Å². The molecule has 1 aromatic heterocycles. The topological polar surface area (TPSA) is 117 Å². The molecule has 0 unspecified atom stereocenters. The lowest BCUT2D eigenvalue weighted by Gasteiger charge is -2.30. The van der Waals surface area contributed by atoms with Gasteiger partial charge in [0.2, 0.25) is 5.91 Å². The highest BCUT2D eigenvalue weighted by atomic mass is 16.5. The van der Waals surface area contributed by atoms with Crippen molar-refractivity contribution >= 4 is 23.2 Å². The van der Waals surface area contributed by atoms with Gasteiger partial charge in [0.05, 0.1) is 13.2 Å². The van der Waals surface area contributed by atoms with E-state index in [1.54, 1.807) is 12.1 Å². The Morgan fingerprint density at radius 2 is 1.90 bits per heavy atom. The summed E-state index contributed by atoms with van der Waals surface area (Å²) in [5, 5.41) is 13.0. The van der Waals surface area contributed by atoms with Crippen LogP contribution in [-0.2, 0) is 17.9 Å². The minimum atomic E-state index is -0.181. The Morgan fingerprint density at radius 3 is 2.65 bits per heavy atom. The summed E-state index contributed by atoms with van der Waals surface area (Å²) in [6, 6.07) is 5.81. The molecular formula is C22H30N6O3. The highest BCUT2D eigenvalue weighted by molar-refractivity contribution is 6.03. The molecule has 9 heteroatoms. The number of benzene rings is 1. The van der Waals surface area contributed by atoms with E-state index in [1.807, 2.05) is 4.90 Å². The number of unbranched alkanes of at least 4 members (excludes halogenated alkanes) is 1. The van der Waals surface area contributed by atoms with E-state index in [0.717, 1.165) is 43.6 Å². The Labute approximate surface area is 182 Å². The molecular weight excluding hydrogens is 396 g/mol. The first-order valence-electron chi connectivity index (χ1n) is 10.9. The maximum atomic E-state index is 12.3. The molecule has 2 aromatic rings. The van der Waals surface area contributed by atoms with Crippen LogP contribution in [0.25, 0.3) is 0 Å². The van der Waals surface area contributed by atoms with Crippen molar-refractivity contribution in [1.29, 1.82) is 0 Å². The van der Waals surface area contributed by atoms with Crippen LogP contribution < -0.4 is 20.7 Å². The van der Waals surface area contributed by atoms with Crippen LogP contribution in [0.3, 0.4) is 0 Å². The predicted octanol–water partition coefficient (Wildman–Crippen LogP) is 2.50. The second kappa shape index (κ2) is 9.38. The largest absolute Gasteiger partial charge is 0.508 e. The van der Waals surface area contributed by atoms with Crippen LogP contribution in [0, 0.1) is 0 Å². The van der Waals surface area contributed by atoms with Crippen LogP contribution >= 0.6 is 0 Å². The fourth-order valence-corrected chi connectivity index (χ4v) is 4.07. The zero-order valence-electron chi connectivity index (χ0n) is 17.9. The van der Waals surface area contributed by atoms with Gasteiger partial charge in [-0.3, -0.25) is 9.69 Å². The summed E-state index contributed by atoms with van der Waals surface area (Å²) in [5.74, 6) is 0.752. The molecule has 2 aliphatic rings. The number of phenols is 1. The van der Waals surface area contributed by atoms with E-state index in [9.17, 15) is 9.90 Å². The standard InChI is InChI=1S/C22H30N6O3/c1-2-3-8-31-22-25-20(23)19-21(26-22)28(14-18(30)24-19)13-16-9-15(10-17(29)11-16)12-27-6-4-5-7-27/h9-11,29H,2-8,12-14H2,1H3,(H,24,30)(H2,23,25,26). The summed E-state index contributed by atoms with van der Waals surface area (Å²) >= 11 is 0. The van der Waals surface area contributed by atoms with Crippen molar-refractivity contribution in [3.05, 3.63) is 29.3 Å². The van der Waals surface area contributed by atoms with Gasteiger partial charge >= 0.3 is 6.01 Å². The number of nitrogens with one attached hydrogen (secondary N) is 1. The molecule has 1 amide bonds. The zero-order chi connectivity index (χ0) is 21.8. The summed E-state index contributed by atoms with van der Waals surface area (Å²) in [7, 11) is 0. The first kappa shape index (κ1) is 21.2. The number of anilines is 3. The molecule has 1 fully saturated rings. The van der Waals surface area contributed by atoms with Gasteiger partial charge in [-0.05, 0) is 55.6 Å². The average molecular weight is 427 g/mol. The van der Waals surface area contributed by atoms with Gasteiger partial charge in [-0.1, -0.05) is 19.4 Å². The van der Waals surface area contributed by atoms with Gasteiger partial charge in [0, 0.05) is 13.1 Å². The maximum absolute atomic E-state index is 12.3. The highest BCUT2D eigenvalue weighted by Gasteiger charge is 2.27. The van der Waals surface area contributed by atoms with Crippen LogP contribution in [0.2, 0.25) is 0 Å². The number of hydrogen-bond acceptors (Lipinski definition) is 8. The average Bonchev–Trinajstić information content (AvgIpc) is 3.21. The second-order valence-electron chi connectivity index (χ2n) is 8.19. The van der Waals surface area contributed by atoms with E-state index in [0.29, 0.717) is 24.7 Å². The second-order valence-corrected chi connectivity index (χ2v) is 8.19. The van der Waals surface area contributed by atoms with Crippen LogP contribution in [0.1, 0.15) is 43.7 Å². The first-order chi connectivity index (χ1) is 15.0. The van der Waals surface area contributed by atoms with Gasteiger partial charge in [0.15, 0.2) is 11.6 Å². The number of nitrogen functional groups attached to an aromatic ring is 1. The Morgan fingerprint density at radius 1 is 1.16 bits per heavy atom. The number of ether oxygens (including phenoxy) is 1. The van der Waals surface area contributed by atoms with Crippen LogP contribution in [0.15, 0.2) is 18.2 Å². The van der Waals surface area contributed by atoms with E-state index in [2.05, 4.69) is 33.2 Å². The molecule has 0 atom stereocenters. The summed E-state index contributed by atoms with van der Waals surface area (Å²) in [6.45, 7) is 6.11. The molecule has 4 N–H and O–H groups in total. The number of amides is 1. The molecule has 166 valence electrons. The maximum Gasteiger partial charge on any atom is 0.320 e. The van der Waals surface area contributed by atoms with Gasteiger partial charge in [-0.25, -0.2) is 0 Å². The van der Waals surface area contributed by atoms with Gasteiger partial charge in [-0.2, -0.15) is 9.97 Å². The van der Waals surface area contributed by atoms with Crippen molar-refractivity contribution in [2.45, 2.75) is 45.7 Å². The highest BCUT2D eigenvalue weighted by Crippen LogP contribution is 2.34. The van der Waals surface area contributed by atoms with Crippen molar-refractivity contribution in [3.63, 3.8) is 0 Å². The zero-order valence-corrected chi connectivity index (χ0v) is 17.9. The number of nitrogens with zero attached hydrogens (tertiary/aromatic N) is 4. The molecule has 31 heavy (non-hydrogen) atoms. The lowest BCUT2D eigenvalue weighted by Crippen LogP contribution is -2.39. The number of likely N-dealkylation sites (tertiary alicyclic amines) is 1. The number of nitrogens with two attached hydrogens (primary N) is 1. The number of fused-ring (bicyclic) bond motifs is 1. The van der Waals surface area contributed by atoms with Gasteiger partial charge in [-0.15, -0.1) is 0 Å². The van der Waals surface area contributed by atoms with Crippen molar-refractivity contribution in [2.24, 2.45) is 0 Å². The summed E-state index contributed by atoms with van der Waals surface area (Å²) < 4.78 is 5.64. The van der Waals surface area contributed by atoms with Gasteiger partial charge in [0.25, 0.3) is 0 Å². The number of carbonyl (C=O) groups is 1. The van der Waals surface area contributed by atoms with E-state index >= 15 is 0 Å². The molecule has 0 aliphatic carbocycles. The Bertz CT molecular complexity index is 945. The minimum absolute atomic E-state index is 0.134. The smallest absolute Gasteiger partial charge is 0.320 e. The third kappa shape index (κ3) is 5.16. The number of phenolic OH excluding ortho intramolecular Hbond substituents is 1. The van der Waals surface area contributed by atoms with E-state index < -0.39 is 0 Å².